The highest BCUT2D eigenvalue weighted by atomic mass is 14.6. The van der Waals surface area contributed by atoms with Gasteiger partial charge in [0.2, 0.25) is 0 Å². The minimum Gasteiger partial charge on any atom is -0.0656 e. The van der Waals surface area contributed by atoms with Crippen LogP contribution in [-0.4, -0.2) is 0 Å². The van der Waals surface area contributed by atoms with Crippen LogP contribution in [0.15, 0.2) is 0 Å². The Morgan fingerprint density at radius 2 is 0.979 bits per heavy atom. The second-order valence-electron chi connectivity index (χ2n) is 20.1. The SMILES string of the molecule is CCC.CCC1CCCC(C2CCCC(C3C4CCCCC4C(C4CCCC(C(C)C5CCCC5C)C4)C4CCCC43)C2)C1C(C)C. The summed E-state index contributed by atoms with van der Waals surface area (Å²) >= 11 is 0. The molecule has 0 saturated heterocycles. The first-order chi connectivity index (χ1) is 22.9. The molecule has 0 aromatic rings. The maximum Gasteiger partial charge on any atom is -0.0323 e. The lowest BCUT2D eigenvalue weighted by molar-refractivity contribution is -0.0978. The highest BCUT2D eigenvalue weighted by Gasteiger charge is 2.56. The average molecular weight is 649 g/mol. The molecule has 16 atom stereocenters. The van der Waals surface area contributed by atoms with Crippen LogP contribution in [0.5, 0.6) is 0 Å². The predicted octanol–water partition coefficient (Wildman–Crippen LogP) is 14.7. The van der Waals surface area contributed by atoms with Crippen molar-refractivity contribution in [3.8, 4) is 0 Å². The van der Waals surface area contributed by atoms with E-state index in [1.165, 1.54) is 38.5 Å². The van der Waals surface area contributed by atoms with E-state index >= 15 is 0 Å². The van der Waals surface area contributed by atoms with Crippen LogP contribution in [0, 0.1) is 101 Å². The van der Waals surface area contributed by atoms with Gasteiger partial charge < -0.3 is 0 Å². The molecule has 0 spiro atoms. The van der Waals surface area contributed by atoms with Crippen molar-refractivity contribution >= 4 is 0 Å². The van der Waals surface area contributed by atoms with Crippen LogP contribution in [0.25, 0.3) is 0 Å². The Balaban J connectivity index is 0.00000124. The molecule has 0 amide bonds. The molecule has 0 bridgehead atoms. The molecule has 7 fully saturated rings. The molecule has 16 unspecified atom stereocenters. The molecule has 0 heterocycles. The van der Waals surface area contributed by atoms with Gasteiger partial charge in [0.05, 0.1) is 0 Å². The summed E-state index contributed by atoms with van der Waals surface area (Å²) in [6.07, 6.45) is 35.9. The lowest BCUT2D eigenvalue weighted by Gasteiger charge is -2.58. The molecular formula is C47H84. The van der Waals surface area contributed by atoms with E-state index in [0.717, 1.165) is 101 Å². The third kappa shape index (κ3) is 7.78. The number of fused-ring (bicyclic) bond motifs is 2. The zero-order valence-corrected chi connectivity index (χ0v) is 33.1. The normalized spacial score (nSPS) is 47.9. The lowest BCUT2D eigenvalue weighted by atomic mass is 9.47. The first-order valence-corrected chi connectivity index (χ1v) is 22.9. The van der Waals surface area contributed by atoms with E-state index in [4.69, 9.17) is 0 Å². The monoisotopic (exact) mass is 649 g/mol. The topological polar surface area (TPSA) is 0 Å². The largest absolute Gasteiger partial charge is 0.0656 e. The van der Waals surface area contributed by atoms with Gasteiger partial charge in [-0.15, -0.1) is 0 Å². The molecule has 7 aliphatic rings. The zero-order chi connectivity index (χ0) is 33.1. The van der Waals surface area contributed by atoms with Gasteiger partial charge in [0.1, 0.15) is 0 Å². The first kappa shape index (κ1) is 36.8. The molecule has 7 aliphatic carbocycles. The molecule has 0 aromatic carbocycles. The summed E-state index contributed by atoms with van der Waals surface area (Å²) in [6.45, 7) is 17.3. The third-order valence-corrected chi connectivity index (χ3v) is 17.5. The van der Waals surface area contributed by atoms with Crippen LogP contribution in [0.3, 0.4) is 0 Å². The number of hydrogen-bond acceptors (Lipinski definition) is 0. The maximum atomic E-state index is 2.72. The highest BCUT2D eigenvalue weighted by molar-refractivity contribution is 5.05. The second kappa shape index (κ2) is 17.0. The van der Waals surface area contributed by atoms with Crippen molar-refractivity contribution in [2.45, 2.75) is 196 Å². The predicted molar refractivity (Wildman–Crippen MR) is 205 cm³/mol. The Morgan fingerprint density at radius 3 is 1.55 bits per heavy atom. The molecule has 7 saturated carbocycles. The van der Waals surface area contributed by atoms with Gasteiger partial charge in [-0.05, 0) is 152 Å². The molecule has 0 heteroatoms. The molecule has 0 aromatic heterocycles. The summed E-state index contributed by atoms with van der Waals surface area (Å²) in [7, 11) is 0. The van der Waals surface area contributed by atoms with Gasteiger partial charge in [-0.1, -0.05) is 145 Å². The third-order valence-electron chi connectivity index (χ3n) is 17.5. The number of hydrogen-bond donors (Lipinski definition) is 0. The van der Waals surface area contributed by atoms with Gasteiger partial charge in [-0.25, -0.2) is 0 Å². The van der Waals surface area contributed by atoms with E-state index in [1.54, 1.807) is 109 Å². The number of rotatable bonds is 7. The van der Waals surface area contributed by atoms with Gasteiger partial charge in [-0.3, -0.25) is 0 Å². The van der Waals surface area contributed by atoms with E-state index in [1.807, 2.05) is 0 Å². The van der Waals surface area contributed by atoms with E-state index in [9.17, 15) is 0 Å². The van der Waals surface area contributed by atoms with E-state index < -0.39 is 0 Å². The molecule has 0 N–H and O–H groups in total. The molecule has 0 nitrogen and oxygen atoms in total. The minimum atomic E-state index is 0.891. The molecular weight excluding hydrogens is 565 g/mol. The maximum absolute atomic E-state index is 2.72. The van der Waals surface area contributed by atoms with Crippen molar-refractivity contribution < 1.29 is 0 Å². The standard InChI is InChI=1S/C44H76.C3H8/c1-6-31-15-12-23-37(42(31)28(2)3)33-17-11-19-35(27-33)44-39-21-8-7-20-38(39)43(40-24-13-25-41(40)44)34-18-10-16-32(26-34)30(5)36-22-9-14-29(36)4;1-3-2/h28-44H,6-27H2,1-5H3;3H2,1-2H3. The summed E-state index contributed by atoms with van der Waals surface area (Å²) in [6, 6.07) is 0. The van der Waals surface area contributed by atoms with Crippen molar-refractivity contribution in [1.82, 2.24) is 0 Å². The van der Waals surface area contributed by atoms with Gasteiger partial charge in [0.25, 0.3) is 0 Å². The van der Waals surface area contributed by atoms with Crippen LogP contribution < -0.4 is 0 Å². The first-order valence-electron chi connectivity index (χ1n) is 22.9. The smallest absolute Gasteiger partial charge is 0.0323 e. The molecule has 7 rings (SSSR count). The van der Waals surface area contributed by atoms with E-state index in [2.05, 4.69) is 48.5 Å². The summed E-state index contributed by atoms with van der Waals surface area (Å²) in [5.41, 5.74) is 0. The Labute approximate surface area is 295 Å². The summed E-state index contributed by atoms with van der Waals surface area (Å²) in [5.74, 6) is 18.0. The average Bonchev–Trinajstić information content (AvgIpc) is 3.76. The summed E-state index contributed by atoms with van der Waals surface area (Å²) < 4.78 is 0. The Morgan fingerprint density at radius 1 is 0.489 bits per heavy atom. The quantitative estimate of drug-likeness (QED) is 0.258. The fourth-order valence-electron chi connectivity index (χ4n) is 16.0. The van der Waals surface area contributed by atoms with Crippen molar-refractivity contribution in [1.29, 1.82) is 0 Å². The van der Waals surface area contributed by atoms with Gasteiger partial charge >= 0.3 is 0 Å². The Kier molecular flexibility index (Phi) is 13.3. The highest BCUT2D eigenvalue weighted by Crippen LogP contribution is 2.64. The van der Waals surface area contributed by atoms with Gasteiger partial charge in [-0.2, -0.15) is 0 Å². The Bertz CT molecular complexity index is 917. The van der Waals surface area contributed by atoms with E-state index in [0.29, 0.717) is 0 Å². The van der Waals surface area contributed by atoms with E-state index in [-0.39, 0.29) is 0 Å². The fraction of sp³-hybridized carbons (Fsp3) is 1.00. The zero-order valence-electron chi connectivity index (χ0n) is 33.1. The second-order valence-corrected chi connectivity index (χ2v) is 20.1. The van der Waals surface area contributed by atoms with Gasteiger partial charge in [0, 0.05) is 0 Å². The molecule has 47 heavy (non-hydrogen) atoms. The van der Waals surface area contributed by atoms with Crippen LogP contribution in [0.1, 0.15) is 196 Å². The summed E-state index contributed by atoms with van der Waals surface area (Å²) in [4.78, 5) is 0. The van der Waals surface area contributed by atoms with Gasteiger partial charge in [0.15, 0.2) is 0 Å². The molecule has 0 aliphatic heterocycles. The van der Waals surface area contributed by atoms with Crippen LogP contribution >= 0.6 is 0 Å². The fourth-order valence-corrected chi connectivity index (χ4v) is 16.0. The summed E-state index contributed by atoms with van der Waals surface area (Å²) in [5, 5.41) is 0. The Hall–Kier alpha value is 0. The molecule has 0 radical (unpaired) electrons. The van der Waals surface area contributed by atoms with Crippen molar-refractivity contribution in [3.05, 3.63) is 0 Å². The molecule has 272 valence electrons. The lowest BCUT2D eigenvalue weighted by Crippen LogP contribution is -2.52. The van der Waals surface area contributed by atoms with Crippen molar-refractivity contribution in [3.63, 3.8) is 0 Å². The van der Waals surface area contributed by atoms with Crippen molar-refractivity contribution in [2.24, 2.45) is 101 Å². The van der Waals surface area contributed by atoms with Crippen molar-refractivity contribution in [2.75, 3.05) is 0 Å². The van der Waals surface area contributed by atoms with Crippen LogP contribution in [0.4, 0.5) is 0 Å². The van der Waals surface area contributed by atoms with Crippen LogP contribution in [0.2, 0.25) is 0 Å². The minimum absolute atomic E-state index is 0.891. The van der Waals surface area contributed by atoms with Crippen LogP contribution in [-0.2, 0) is 0 Å².